The summed E-state index contributed by atoms with van der Waals surface area (Å²) in [6.07, 6.45) is 0.798. The third-order valence-electron chi connectivity index (χ3n) is 2.29. The van der Waals surface area contributed by atoms with Gasteiger partial charge in [-0.2, -0.15) is 0 Å². The highest BCUT2D eigenvalue weighted by Crippen LogP contribution is 2.16. The number of hydrogen-bond donors (Lipinski definition) is 0. The topological polar surface area (TPSA) is 26.3 Å². The van der Waals surface area contributed by atoms with Gasteiger partial charge < -0.3 is 4.74 Å². The number of rotatable bonds is 4. The summed E-state index contributed by atoms with van der Waals surface area (Å²) < 4.78 is 5.57. The molecule has 0 unspecified atom stereocenters. The molecule has 0 spiro atoms. The van der Waals surface area contributed by atoms with Crippen LogP contribution in [-0.4, -0.2) is 6.29 Å². The molecule has 0 aromatic heterocycles. The van der Waals surface area contributed by atoms with Crippen LogP contribution < -0.4 is 4.74 Å². The second-order valence-electron chi connectivity index (χ2n) is 3.61. The molecule has 2 rings (SSSR count). The molecular formula is C14H11ClO2. The minimum atomic E-state index is 0.433. The normalized spacial score (nSPS) is 9.94. The van der Waals surface area contributed by atoms with Gasteiger partial charge in [0.2, 0.25) is 0 Å². The van der Waals surface area contributed by atoms with Crippen molar-refractivity contribution in [1.29, 1.82) is 0 Å². The summed E-state index contributed by atoms with van der Waals surface area (Å²) in [5, 5.41) is 0.688. The maximum absolute atomic E-state index is 10.6. The molecule has 0 heterocycles. The Kier molecular flexibility index (Phi) is 3.78. The van der Waals surface area contributed by atoms with Gasteiger partial charge >= 0.3 is 0 Å². The van der Waals surface area contributed by atoms with E-state index in [9.17, 15) is 4.79 Å². The third-order valence-corrected chi connectivity index (χ3v) is 2.52. The average molecular weight is 247 g/mol. The molecule has 0 amide bonds. The maximum Gasteiger partial charge on any atom is 0.150 e. The van der Waals surface area contributed by atoms with Gasteiger partial charge in [0.1, 0.15) is 18.6 Å². The lowest BCUT2D eigenvalue weighted by atomic mass is 10.2. The molecule has 0 aliphatic rings. The van der Waals surface area contributed by atoms with Gasteiger partial charge in [0, 0.05) is 10.6 Å². The molecule has 2 aromatic carbocycles. The smallest absolute Gasteiger partial charge is 0.150 e. The molecule has 0 saturated heterocycles. The molecule has 2 nitrogen and oxygen atoms in total. The van der Waals surface area contributed by atoms with Crippen molar-refractivity contribution in [3.05, 3.63) is 64.7 Å². The highest BCUT2D eigenvalue weighted by Gasteiger charge is 1.98. The van der Waals surface area contributed by atoms with Crippen LogP contribution in [0.15, 0.2) is 48.5 Å². The molecule has 0 atom stereocenters. The number of carbonyl (C=O) groups is 1. The predicted octanol–water partition coefficient (Wildman–Crippen LogP) is 3.73. The number of halogens is 1. The van der Waals surface area contributed by atoms with Gasteiger partial charge in [-0.05, 0) is 29.8 Å². The van der Waals surface area contributed by atoms with Gasteiger partial charge in [0.05, 0.1) is 0 Å². The summed E-state index contributed by atoms with van der Waals surface area (Å²) in [7, 11) is 0. The van der Waals surface area contributed by atoms with E-state index in [1.807, 2.05) is 30.3 Å². The summed E-state index contributed by atoms with van der Waals surface area (Å²) >= 11 is 5.87. The molecule has 17 heavy (non-hydrogen) atoms. The molecule has 0 aliphatic carbocycles. The van der Waals surface area contributed by atoms with Crippen LogP contribution in [0.2, 0.25) is 5.02 Å². The lowest BCUT2D eigenvalue weighted by Gasteiger charge is -2.06. The molecule has 0 N–H and O–H groups in total. The third kappa shape index (κ3) is 3.33. The fourth-order valence-corrected chi connectivity index (χ4v) is 1.68. The minimum Gasteiger partial charge on any atom is -0.489 e. The van der Waals surface area contributed by atoms with E-state index in [1.54, 1.807) is 18.2 Å². The predicted molar refractivity (Wildman–Crippen MR) is 67.6 cm³/mol. The summed E-state index contributed by atoms with van der Waals surface area (Å²) in [4.78, 5) is 10.6. The maximum atomic E-state index is 10.6. The Bertz CT molecular complexity index is 523. The van der Waals surface area contributed by atoms with Crippen molar-refractivity contribution in [2.45, 2.75) is 6.61 Å². The van der Waals surface area contributed by atoms with Crippen molar-refractivity contribution in [3.63, 3.8) is 0 Å². The zero-order valence-corrected chi connectivity index (χ0v) is 9.85. The lowest BCUT2D eigenvalue weighted by Crippen LogP contribution is -1.95. The summed E-state index contributed by atoms with van der Waals surface area (Å²) in [6.45, 7) is 0.433. The molecule has 0 aliphatic heterocycles. The first-order chi connectivity index (χ1) is 8.28. The van der Waals surface area contributed by atoms with Gasteiger partial charge in [-0.25, -0.2) is 0 Å². The Hall–Kier alpha value is -1.80. The number of benzene rings is 2. The quantitative estimate of drug-likeness (QED) is 0.769. The summed E-state index contributed by atoms with van der Waals surface area (Å²) in [5.74, 6) is 0.676. The van der Waals surface area contributed by atoms with E-state index < -0.39 is 0 Å². The van der Waals surface area contributed by atoms with E-state index in [-0.39, 0.29) is 0 Å². The molecule has 86 valence electrons. The van der Waals surface area contributed by atoms with E-state index >= 15 is 0 Å². The van der Waals surface area contributed by atoms with Gasteiger partial charge in [0.15, 0.2) is 0 Å². The van der Waals surface area contributed by atoms with Crippen molar-refractivity contribution in [1.82, 2.24) is 0 Å². The number of aldehydes is 1. The zero-order valence-electron chi connectivity index (χ0n) is 9.10. The van der Waals surface area contributed by atoms with E-state index in [0.717, 1.165) is 11.8 Å². The Morgan fingerprint density at radius 1 is 1.12 bits per heavy atom. The SMILES string of the molecule is O=Cc1cccc(OCc2cccc(Cl)c2)c1. The van der Waals surface area contributed by atoms with Gasteiger partial charge in [0.25, 0.3) is 0 Å². The van der Waals surface area contributed by atoms with Gasteiger partial charge in [-0.1, -0.05) is 35.9 Å². The molecule has 0 saturated carbocycles. The highest BCUT2D eigenvalue weighted by atomic mass is 35.5. The zero-order chi connectivity index (χ0) is 12.1. The number of carbonyl (C=O) groups excluding carboxylic acids is 1. The van der Waals surface area contributed by atoms with Crippen molar-refractivity contribution in [2.75, 3.05) is 0 Å². The first-order valence-electron chi connectivity index (χ1n) is 5.20. The van der Waals surface area contributed by atoms with Crippen LogP contribution in [0.1, 0.15) is 15.9 Å². The molecule has 0 bridgehead atoms. The van der Waals surface area contributed by atoms with Crippen molar-refractivity contribution in [3.8, 4) is 5.75 Å². The van der Waals surface area contributed by atoms with E-state index in [0.29, 0.717) is 22.9 Å². The summed E-state index contributed by atoms with van der Waals surface area (Å²) in [5.41, 5.74) is 1.60. The fraction of sp³-hybridized carbons (Fsp3) is 0.0714. The van der Waals surface area contributed by atoms with E-state index in [1.165, 1.54) is 0 Å². The van der Waals surface area contributed by atoms with E-state index in [4.69, 9.17) is 16.3 Å². The summed E-state index contributed by atoms with van der Waals surface area (Å²) in [6, 6.07) is 14.5. The molecule has 0 fully saturated rings. The van der Waals surface area contributed by atoms with Crippen molar-refractivity contribution < 1.29 is 9.53 Å². The first-order valence-corrected chi connectivity index (χ1v) is 5.58. The van der Waals surface area contributed by atoms with Crippen molar-refractivity contribution >= 4 is 17.9 Å². The Morgan fingerprint density at radius 3 is 2.71 bits per heavy atom. The van der Waals surface area contributed by atoms with Crippen LogP contribution in [0.5, 0.6) is 5.75 Å². The Morgan fingerprint density at radius 2 is 1.94 bits per heavy atom. The van der Waals surface area contributed by atoms with Crippen molar-refractivity contribution in [2.24, 2.45) is 0 Å². The van der Waals surface area contributed by atoms with Gasteiger partial charge in [-0.15, -0.1) is 0 Å². The largest absolute Gasteiger partial charge is 0.489 e. The molecular weight excluding hydrogens is 236 g/mol. The standard InChI is InChI=1S/C14H11ClO2/c15-13-5-1-4-12(7-13)10-17-14-6-2-3-11(8-14)9-16/h1-9H,10H2. The Labute approximate surface area is 105 Å². The van der Waals surface area contributed by atoms with Crippen LogP contribution in [0.4, 0.5) is 0 Å². The first kappa shape index (κ1) is 11.7. The number of ether oxygens (including phenoxy) is 1. The van der Waals surface area contributed by atoms with Crippen LogP contribution in [-0.2, 0) is 6.61 Å². The fourth-order valence-electron chi connectivity index (χ4n) is 1.47. The van der Waals surface area contributed by atoms with Crippen LogP contribution in [0.25, 0.3) is 0 Å². The second-order valence-corrected chi connectivity index (χ2v) is 4.05. The Balaban J connectivity index is 2.04. The number of hydrogen-bond acceptors (Lipinski definition) is 2. The minimum absolute atomic E-state index is 0.433. The molecule has 3 heteroatoms. The second kappa shape index (κ2) is 5.51. The van der Waals surface area contributed by atoms with E-state index in [2.05, 4.69) is 0 Å². The molecule has 0 radical (unpaired) electrons. The average Bonchev–Trinajstić information content (AvgIpc) is 2.37. The van der Waals surface area contributed by atoms with Crippen LogP contribution >= 0.6 is 11.6 Å². The highest BCUT2D eigenvalue weighted by molar-refractivity contribution is 6.30. The monoisotopic (exact) mass is 246 g/mol. The van der Waals surface area contributed by atoms with Crippen LogP contribution in [0.3, 0.4) is 0 Å². The van der Waals surface area contributed by atoms with Gasteiger partial charge in [-0.3, -0.25) is 4.79 Å². The van der Waals surface area contributed by atoms with Crippen LogP contribution in [0, 0.1) is 0 Å². The molecule has 2 aromatic rings. The lowest BCUT2D eigenvalue weighted by molar-refractivity contribution is 0.112.